The Balaban J connectivity index is 1.64. The molecule has 4 rings (SSSR count). The Labute approximate surface area is 177 Å². The topological polar surface area (TPSA) is 74.2 Å². The predicted octanol–water partition coefficient (Wildman–Crippen LogP) is 4.17. The van der Waals surface area contributed by atoms with Crippen LogP contribution in [0.4, 0.5) is 4.79 Å². The fourth-order valence-electron chi connectivity index (χ4n) is 4.33. The molecular formula is C24H29N3O3. The molecule has 2 aromatic rings. The van der Waals surface area contributed by atoms with E-state index in [9.17, 15) is 9.90 Å². The smallest absolute Gasteiger partial charge is 0.409 e. The zero-order valence-corrected chi connectivity index (χ0v) is 17.6. The number of nitrogens with one attached hydrogen (secondary N) is 1. The molecule has 1 saturated heterocycles. The van der Waals surface area contributed by atoms with Crippen LogP contribution >= 0.6 is 0 Å². The molecule has 0 saturated carbocycles. The summed E-state index contributed by atoms with van der Waals surface area (Å²) in [4.78, 5) is 19.0. The molecule has 2 heterocycles. The van der Waals surface area contributed by atoms with Crippen molar-refractivity contribution in [2.24, 2.45) is 4.99 Å². The van der Waals surface area contributed by atoms with Crippen molar-refractivity contribution in [3.05, 3.63) is 65.2 Å². The number of benzene rings is 2. The van der Waals surface area contributed by atoms with Crippen LogP contribution in [0.2, 0.25) is 0 Å². The van der Waals surface area contributed by atoms with Crippen LogP contribution in [0.5, 0.6) is 5.75 Å². The third kappa shape index (κ3) is 4.19. The van der Waals surface area contributed by atoms with Crippen molar-refractivity contribution in [2.45, 2.75) is 44.8 Å². The first kappa shape index (κ1) is 20.4. The quantitative estimate of drug-likeness (QED) is 0.801. The minimum Gasteiger partial charge on any atom is -0.508 e. The van der Waals surface area contributed by atoms with Crippen LogP contribution in [0.15, 0.2) is 53.5 Å². The van der Waals surface area contributed by atoms with Crippen molar-refractivity contribution in [3.8, 4) is 5.75 Å². The summed E-state index contributed by atoms with van der Waals surface area (Å²) in [6, 6.07) is 15.9. The minimum absolute atomic E-state index is 0.0471. The Morgan fingerprint density at radius 1 is 1.20 bits per heavy atom. The van der Waals surface area contributed by atoms with E-state index >= 15 is 0 Å². The van der Waals surface area contributed by atoms with E-state index in [1.807, 2.05) is 25.1 Å². The van der Waals surface area contributed by atoms with Crippen molar-refractivity contribution in [3.63, 3.8) is 0 Å². The van der Waals surface area contributed by atoms with Crippen LogP contribution in [-0.2, 0) is 4.74 Å². The number of aromatic hydroxyl groups is 1. The number of ether oxygens (including phenoxy) is 1. The van der Waals surface area contributed by atoms with Gasteiger partial charge in [0, 0.05) is 49.7 Å². The van der Waals surface area contributed by atoms with E-state index in [-0.39, 0.29) is 12.1 Å². The number of rotatable bonds is 3. The highest BCUT2D eigenvalue weighted by Gasteiger charge is 2.41. The molecule has 6 heteroatoms. The van der Waals surface area contributed by atoms with Crippen molar-refractivity contribution >= 4 is 11.8 Å². The Bertz CT molecular complexity index is 931. The highest BCUT2D eigenvalue weighted by molar-refractivity contribution is 6.01. The first-order chi connectivity index (χ1) is 14.5. The maximum absolute atomic E-state index is 12.1. The summed E-state index contributed by atoms with van der Waals surface area (Å²) >= 11 is 0. The van der Waals surface area contributed by atoms with Gasteiger partial charge < -0.3 is 14.7 Å². The number of phenolic OH excluding ortho intramolecular Hbond substituents is 1. The molecular weight excluding hydrogens is 378 g/mol. The normalized spacial score (nSPS) is 20.7. The number of hydrogen-bond acceptors (Lipinski definition) is 5. The van der Waals surface area contributed by atoms with Crippen LogP contribution in [0.3, 0.4) is 0 Å². The van der Waals surface area contributed by atoms with Gasteiger partial charge in [-0.3, -0.25) is 10.3 Å². The molecule has 1 amide bonds. The third-order valence-electron chi connectivity index (χ3n) is 6.00. The van der Waals surface area contributed by atoms with E-state index in [0.717, 1.165) is 16.8 Å². The number of aliphatic imine (C=N–C) groups is 1. The molecule has 2 aromatic carbocycles. The van der Waals surface area contributed by atoms with Gasteiger partial charge >= 0.3 is 6.09 Å². The summed E-state index contributed by atoms with van der Waals surface area (Å²) in [5.41, 5.74) is 3.77. The van der Waals surface area contributed by atoms with E-state index in [0.29, 0.717) is 44.7 Å². The summed E-state index contributed by atoms with van der Waals surface area (Å²) in [5, 5.41) is 14.2. The average molecular weight is 408 g/mol. The summed E-state index contributed by atoms with van der Waals surface area (Å²) in [6.45, 7) is 5.45. The van der Waals surface area contributed by atoms with Crippen molar-refractivity contribution in [1.29, 1.82) is 0 Å². The number of aryl methyl sites for hydroxylation is 1. The second-order valence-electron chi connectivity index (χ2n) is 8.10. The van der Waals surface area contributed by atoms with Gasteiger partial charge in [-0.25, -0.2) is 4.79 Å². The van der Waals surface area contributed by atoms with Crippen molar-refractivity contribution in [2.75, 3.05) is 19.7 Å². The highest BCUT2D eigenvalue weighted by atomic mass is 16.6. The fourth-order valence-corrected chi connectivity index (χ4v) is 4.33. The lowest BCUT2D eigenvalue weighted by molar-refractivity contribution is 0.0778. The minimum atomic E-state index is -0.464. The molecule has 0 bridgehead atoms. The molecule has 158 valence electrons. The molecule has 0 aromatic heterocycles. The standard InChI is InChI=1S/C24H29N3O3/c1-3-30-23(29)27-14-12-24(13-15-27)25-20(18-10-8-17(2)9-11-18)16-21(26-24)19-6-4-5-7-22(19)28/h4-11,21,26,28H,3,12-16H2,1-2H3/t21-/m1/s1. The number of para-hydroxylation sites is 1. The molecule has 0 aliphatic carbocycles. The largest absolute Gasteiger partial charge is 0.508 e. The molecule has 30 heavy (non-hydrogen) atoms. The van der Waals surface area contributed by atoms with E-state index in [1.165, 1.54) is 5.56 Å². The van der Waals surface area contributed by atoms with E-state index in [4.69, 9.17) is 9.73 Å². The van der Waals surface area contributed by atoms with Gasteiger partial charge in [0.1, 0.15) is 11.4 Å². The fraction of sp³-hybridized carbons (Fsp3) is 0.417. The SMILES string of the molecule is CCOC(=O)N1CCC2(CC1)N=C(c1ccc(C)cc1)C[C@H](c1ccccc1O)N2. The highest BCUT2D eigenvalue weighted by Crippen LogP contribution is 2.37. The summed E-state index contributed by atoms with van der Waals surface area (Å²) < 4.78 is 5.16. The molecule has 2 N–H and O–H groups in total. The molecule has 2 aliphatic rings. The number of hydrogen-bond donors (Lipinski definition) is 2. The van der Waals surface area contributed by atoms with Crippen molar-refractivity contribution < 1.29 is 14.6 Å². The van der Waals surface area contributed by atoms with Crippen LogP contribution in [0.25, 0.3) is 0 Å². The van der Waals surface area contributed by atoms with Crippen LogP contribution < -0.4 is 5.32 Å². The summed E-state index contributed by atoms with van der Waals surface area (Å²) in [6.07, 6.45) is 1.84. The lowest BCUT2D eigenvalue weighted by Gasteiger charge is -2.45. The van der Waals surface area contributed by atoms with E-state index in [1.54, 1.807) is 11.0 Å². The van der Waals surface area contributed by atoms with Gasteiger partial charge in [-0.1, -0.05) is 48.0 Å². The predicted molar refractivity (Wildman–Crippen MR) is 117 cm³/mol. The second kappa shape index (κ2) is 8.48. The number of nitrogens with zero attached hydrogens (tertiary/aromatic N) is 2. The molecule has 6 nitrogen and oxygen atoms in total. The van der Waals surface area contributed by atoms with Gasteiger partial charge in [0.05, 0.1) is 6.61 Å². The van der Waals surface area contributed by atoms with Crippen molar-refractivity contribution in [1.82, 2.24) is 10.2 Å². The van der Waals surface area contributed by atoms with Gasteiger partial charge in [-0.15, -0.1) is 0 Å². The number of piperidine rings is 1. The molecule has 0 unspecified atom stereocenters. The molecule has 1 fully saturated rings. The Kier molecular flexibility index (Phi) is 5.77. The lowest BCUT2D eigenvalue weighted by Crippen LogP contribution is -2.56. The van der Waals surface area contributed by atoms with Crippen LogP contribution in [0, 0.1) is 6.92 Å². The first-order valence-corrected chi connectivity index (χ1v) is 10.6. The number of likely N-dealkylation sites (tertiary alicyclic amines) is 1. The Hall–Kier alpha value is -2.86. The van der Waals surface area contributed by atoms with Gasteiger partial charge in [-0.05, 0) is 25.5 Å². The number of amides is 1. The van der Waals surface area contributed by atoms with E-state index < -0.39 is 5.66 Å². The number of carbonyl (C=O) groups is 1. The first-order valence-electron chi connectivity index (χ1n) is 10.6. The zero-order valence-electron chi connectivity index (χ0n) is 17.6. The summed E-state index contributed by atoms with van der Waals surface area (Å²) in [5.74, 6) is 0.291. The zero-order chi connectivity index (χ0) is 21.1. The van der Waals surface area contributed by atoms with Gasteiger partial charge in [0.25, 0.3) is 0 Å². The third-order valence-corrected chi connectivity index (χ3v) is 6.00. The Morgan fingerprint density at radius 2 is 1.90 bits per heavy atom. The summed E-state index contributed by atoms with van der Waals surface area (Å²) in [7, 11) is 0. The molecule has 1 atom stereocenters. The molecule has 2 aliphatic heterocycles. The number of carbonyl (C=O) groups excluding carboxylic acids is 1. The Morgan fingerprint density at radius 3 is 2.57 bits per heavy atom. The van der Waals surface area contributed by atoms with Gasteiger partial charge in [0.15, 0.2) is 0 Å². The lowest BCUT2D eigenvalue weighted by atomic mass is 9.87. The average Bonchev–Trinajstić information content (AvgIpc) is 2.75. The second-order valence-corrected chi connectivity index (χ2v) is 8.10. The van der Waals surface area contributed by atoms with Crippen LogP contribution in [0.1, 0.15) is 48.9 Å². The van der Waals surface area contributed by atoms with Gasteiger partial charge in [0.2, 0.25) is 0 Å². The van der Waals surface area contributed by atoms with Gasteiger partial charge in [-0.2, -0.15) is 0 Å². The maximum Gasteiger partial charge on any atom is 0.409 e. The molecule has 0 radical (unpaired) electrons. The van der Waals surface area contributed by atoms with Crippen LogP contribution in [-0.4, -0.2) is 47.2 Å². The maximum atomic E-state index is 12.1. The van der Waals surface area contributed by atoms with E-state index in [2.05, 4.69) is 36.5 Å². The monoisotopic (exact) mass is 407 g/mol. The number of phenols is 1. The molecule has 1 spiro atoms.